The molecule has 0 saturated heterocycles. The van der Waals surface area contributed by atoms with E-state index in [1.807, 2.05) is 12.1 Å². The van der Waals surface area contributed by atoms with Crippen LogP contribution in [-0.4, -0.2) is 12.0 Å². The highest BCUT2D eigenvalue weighted by molar-refractivity contribution is 5.52. The van der Waals surface area contributed by atoms with Crippen LogP contribution < -0.4 is 16.2 Å². The Kier molecular flexibility index (Phi) is 4.02. The largest absolute Gasteiger partial charge is 0.370 e. The van der Waals surface area contributed by atoms with E-state index in [-0.39, 0.29) is 0 Å². The second-order valence-corrected chi connectivity index (χ2v) is 4.86. The van der Waals surface area contributed by atoms with Crippen LogP contribution in [0, 0.1) is 13.8 Å². The van der Waals surface area contributed by atoms with Gasteiger partial charge in [-0.1, -0.05) is 12.1 Å². The number of aryl methyl sites for hydroxylation is 2. The van der Waals surface area contributed by atoms with Gasteiger partial charge in [0.2, 0.25) is 0 Å². The van der Waals surface area contributed by atoms with Crippen molar-refractivity contribution in [3.05, 3.63) is 53.2 Å². The number of pyridine rings is 1. The number of nitrogens with zero attached hydrogens (tertiary/aromatic N) is 2. The van der Waals surface area contributed by atoms with Crippen molar-refractivity contribution in [1.82, 2.24) is 4.98 Å². The molecule has 2 rings (SSSR count). The van der Waals surface area contributed by atoms with E-state index < -0.39 is 0 Å². The molecule has 19 heavy (non-hydrogen) atoms. The summed E-state index contributed by atoms with van der Waals surface area (Å²) >= 11 is 0. The minimum absolute atomic E-state index is 0.721. The van der Waals surface area contributed by atoms with Crippen LogP contribution in [-0.2, 0) is 6.54 Å². The fraction of sp³-hybridized carbons (Fsp3) is 0.267. The van der Waals surface area contributed by atoms with Crippen LogP contribution in [0.4, 0.5) is 11.5 Å². The second-order valence-electron chi connectivity index (χ2n) is 4.86. The number of hydrogen-bond acceptors (Lipinski definition) is 4. The summed E-state index contributed by atoms with van der Waals surface area (Å²) in [6, 6.07) is 10.5. The Labute approximate surface area is 114 Å². The van der Waals surface area contributed by atoms with E-state index in [4.69, 9.17) is 5.84 Å². The van der Waals surface area contributed by atoms with Crippen molar-refractivity contribution in [3.8, 4) is 0 Å². The number of aromatic nitrogens is 1. The van der Waals surface area contributed by atoms with Crippen LogP contribution in [0.2, 0.25) is 0 Å². The topological polar surface area (TPSA) is 54.2 Å². The van der Waals surface area contributed by atoms with Crippen molar-refractivity contribution in [3.63, 3.8) is 0 Å². The summed E-state index contributed by atoms with van der Waals surface area (Å²) in [6.45, 7) is 4.98. The van der Waals surface area contributed by atoms with E-state index in [1.54, 1.807) is 6.20 Å². The van der Waals surface area contributed by atoms with Crippen LogP contribution in [0.3, 0.4) is 0 Å². The van der Waals surface area contributed by atoms with Gasteiger partial charge in [0, 0.05) is 31.0 Å². The second kappa shape index (κ2) is 5.71. The van der Waals surface area contributed by atoms with E-state index in [0.29, 0.717) is 0 Å². The zero-order valence-electron chi connectivity index (χ0n) is 11.6. The molecule has 0 amide bonds. The summed E-state index contributed by atoms with van der Waals surface area (Å²) in [5.41, 5.74) is 7.45. The van der Waals surface area contributed by atoms with Crippen LogP contribution >= 0.6 is 0 Å². The Bertz CT molecular complexity index is 546. The number of hydrazine groups is 1. The molecule has 3 N–H and O–H groups in total. The van der Waals surface area contributed by atoms with Crippen LogP contribution in [0.15, 0.2) is 36.5 Å². The number of nitrogens with two attached hydrogens (primary N) is 1. The first-order valence-electron chi connectivity index (χ1n) is 6.30. The number of nitrogens with one attached hydrogen (secondary N) is 1. The molecule has 0 bridgehead atoms. The third-order valence-corrected chi connectivity index (χ3v) is 3.08. The van der Waals surface area contributed by atoms with Crippen LogP contribution in [0.5, 0.6) is 0 Å². The zero-order valence-corrected chi connectivity index (χ0v) is 11.6. The lowest BCUT2D eigenvalue weighted by atomic mass is 10.1. The third-order valence-electron chi connectivity index (χ3n) is 3.08. The molecule has 2 aromatic rings. The normalized spacial score (nSPS) is 10.3. The third kappa shape index (κ3) is 3.23. The molecule has 0 unspecified atom stereocenters. The average molecular weight is 256 g/mol. The smallest absolute Gasteiger partial charge is 0.144 e. The standard InChI is InChI=1S/C15H20N4/c1-11-7-12(2)9-14(8-11)19(3)10-13-5-4-6-17-15(13)18-16/h4-9H,10,16H2,1-3H3,(H,17,18). The molecule has 1 heterocycles. The van der Waals surface area contributed by atoms with Gasteiger partial charge in [0.15, 0.2) is 0 Å². The van der Waals surface area contributed by atoms with E-state index in [2.05, 4.69) is 54.4 Å². The molecule has 0 atom stereocenters. The molecule has 100 valence electrons. The molecule has 1 aromatic heterocycles. The Balaban J connectivity index is 2.22. The van der Waals surface area contributed by atoms with Crippen LogP contribution in [0.25, 0.3) is 0 Å². The highest BCUT2D eigenvalue weighted by Gasteiger charge is 2.07. The summed E-state index contributed by atoms with van der Waals surface area (Å²) in [5.74, 6) is 6.20. The molecule has 0 aliphatic carbocycles. The van der Waals surface area contributed by atoms with Crippen LogP contribution in [0.1, 0.15) is 16.7 Å². The molecule has 4 nitrogen and oxygen atoms in total. The van der Waals surface area contributed by atoms with Gasteiger partial charge in [-0.2, -0.15) is 0 Å². The fourth-order valence-corrected chi connectivity index (χ4v) is 2.21. The van der Waals surface area contributed by atoms with E-state index >= 15 is 0 Å². The lowest BCUT2D eigenvalue weighted by molar-refractivity contribution is 0.912. The summed E-state index contributed by atoms with van der Waals surface area (Å²) in [7, 11) is 2.07. The molecule has 1 aromatic carbocycles. The average Bonchev–Trinajstić information content (AvgIpc) is 2.38. The summed E-state index contributed by atoms with van der Waals surface area (Å²) in [4.78, 5) is 6.41. The number of benzene rings is 1. The summed E-state index contributed by atoms with van der Waals surface area (Å²) in [5, 5.41) is 0. The van der Waals surface area contributed by atoms with Gasteiger partial charge in [-0.25, -0.2) is 10.8 Å². The number of nitrogen functional groups attached to an aromatic ring is 1. The van der Waals surface area contributed by atoms with Gasteiger partial charge in [0.05, 0.1) is 0 Å². The van der Waals surface area contributed by atoms with Gasteiger partial charge < -0.3 is 10.3 Å². The van der Waals surface area contributed by atoms with E-state index in [1.165, 1.54) is 16.8 Å². The molecule has 0 fully saturated rings. The predicted octanol–water partition coefficient (Wildman–Crippen LogP) is 2.62. The first-order valence-corrected chi connectivity index (χ1v) is 6.30. The lowest BCUT2D eigenvalue weighted by Crippen LogP contribution is -2.19. The van der Waals surface area contributed by atoms with Gasteiger partial charge in [0.25, 0.3) is 0 Å². The molecule has 0 spiro atoms. The molecule has 0 aliphatic heterocycles. The summed E-state index contributed by atoms with van der Waals surface area (Å²) < 4.78 is 0. The van der Waals surface area contributed by atoms with Gasteiger partial charge in [-0.05, 0) is 43.2 Å². The van der Waals surface area contributed by atoms with E-state index in [0.717, 1.165) is 17.9 Å². The minimum atomic E-state index is 0.721. The molecule has 0 radical (unpaired) electrons. The van der Waals surface area contributed by atoms with Gasteiger partial charge in [0.1, 0.15) is 5.82 Å². The minimum Gasteiger partial charge on any atom is -0.370 e. The maximum atomic E-state index is 5.48. The zero-order chi connectivity index (χ0) is 13.8. The highest BCUT2D eigenvalue weighted by Crippen LogP contribution is 2.21. The van der Waals surface area contributed by atoms with Crippen molar-refractivity contribution in [2.24, 2.45) is 5.84 Å². The SMILES string of the molecule is Cc1cc(C)cc(N(C)Cc2cccnc2NN)c1. The summed E-state index contributed by atoms with van der Waals surface area (Å²) in [6.07, 6.45) is 1.73. The molecule has 4 heteroatoms. The Morgan fingerprint density at radius 1 is 1.21 bits per heavy atom. The first-order chi connectivity index (χ1) is 9.10. The Morgan fingerprint density at radius 3 is 2.53 bits per heavy atom. The Morgan fingerprint density at radius 2 is 1.89 bits per heavy atom. The van der Waals surface area contributed by atoms with Gasteiger partial charge in [-0.15, -0.1) is 0 Å². The number of hydrogen-bond donors (Lipinski definition) is 2. The number of anilines is 2. The van der Waals surface area contributed by atoms with E-state index in [9.17, 15) is 0 Å². The van der Waals surface area contributed by atoms with Gasteiger partial charge >= 0.3 is 0 Å². The monoisotopic (exact) mass is 256 g/mol. The maximum Gasteiger partial charge on any atom is 0.144 e. The quantitative estimate of drug-likeness (QED) is 0.652. The van der Waals surface area contributed by atoms with Crippen molar-refractivity contribution in [2.45, 2.75) is 20.4 Å². The highest BCUT2D eigenvalue weighted by atomic mass is 15.3. The predicted molar refractivity (Wildman–Crippen MR) is 80.1 cm³/mol. The van der Waals surface area contributed by atoms with Crippen molar-refractivity contribution in [2.75, 3.05) is 17.4 Å². The lowest BCUT2D eigenvalue weighted by Gasteiger charge is -2.21. The molecule has 0 saturated carbocycles. The molecular weight excluding hydrogens is 236 g/mol. The van der Waals surface area contributed by atoms with Crippen molar-refractivity contribution < 1.29 is 0 Å². The van der Waals surface area contributed by atoms with Crippen molar-refractivity contribution >= 4 is 11.5 Å². The molecular formula is C15H20N4. The maximum absolute atomic E-state index is 5.48. The first kappa shape index (κ1) is 13.4. The molecule has 0 aliphatic rings. The fourth-order valence-electron chi connectivity index (χ4n) is 2.21. The van der Waals surface area contributed by atoms with Gasteiger partial charge in [-0.3, -0.25) is 0 Å². The Hall–Kier alpha value is -2.07. The number of rotatable bonds is 4. The van der Waals surface area contributed by atoms with Crippen molar-refractivity contribution in [1.29, 1.82) is 0 Å².